The van der Waals surface area contributed by atoms with Crippen molar-refractivity contribution in [2.75, 3.05) is 7.11 Å². The van der Waals surface area contributed by atoms with Crippen LogP contribution in [0.4, 0.5) is 0 Å². The first-order valence-electron chi connectivity index (χ1n) is 8.86. The zero-order valence-corrected chi connectivity index (χ0v) is 15.7. The number of aryl methyl sites for hydroxylation is 4. The van der Waals surface area contributed by atoms with E-state index in [9.17, 15) is 0 Å². The van der Waals surface area contributed by atoms with Gasteiger partial charge in [0.2, 0.25) is 0 Å². The molecule has 0 N–H and O–H groups in total. The summed E-state index contributed by atoms with van der Waals surface area (Å²) in [7, 11) is 1.70. The third-order valence-electron chi connectivity index (χ3n) is 4.61. The minimum absolute atomic E-state index is 0.467. The lowest BCUT2D eigenvalue weighted by atomic mass is 10.1. The number of benzene rings is 2. The van der Waals surface area contributed by atoms with E-state index in [0.717, 1.165) is 11.5 Å². The van der Waals surface area contributed by atoms with Crippen molar-refractivity contribution in [2.45, 2.75) is 59.5 Å². The predicted octanol–water partition coefficient (Wildman–Crippen LogP) is 5.94. The number of hydrogen-bond donors (Lipinski definition) is 0. The van der Waals surface area contributed by atoms with E-state index in [-0.39, 0.29) is 0 Å². The Hall–Kier alpha value is -1.96. The molecule has 0 atom stereocenters. The third kappa shape index (κ3) is 4.77. The largest absolute Gasteiger partial charge is 0.496 e. The summed E-state index contributed by atoms with van der Waals surface area (Å²) in [4.78, 5) is 0. The molecule has 0 amide bonds. The lowest BCUT2D eigenvalue weighted by molar-refractivity contribution is 0.207. The van der Waals surface area contributed by atoms with Gasteiger partial charge in [-0.05, 0) is 75.6 Å². The average molecular weight is 326 g/mol. The van der Waals surface area contributed by atoms with Gasteiger partial charge in [0.25, 0.3) is 0 Å². The molecule has 0 bridgehead atoms. The molecule has 1 saturated carbocycles. The monoisotopic (exact) mass is 326 g/mol. The quantitative estimate of drug-likeness (QED) is 0.695. The zero-order chi connectivity index (χ0) is 17.5. The van der Waals surface area contributed by atoms with Gasteiger partial charge >= 0.3 is 0 Å². The van der Waals surface area contributed by atoms with Crippen molar-refractivity contribution in [3.8, 4) is 11.5 Å². The van der Waals surface area contributed by atoms with Crippen molar-refractivity contribution in [3.63, 3.8) is 0 Å². The van der Waals surface area contributed by atoms with Crippen LogP contribution in [0.25, 0.3) is 0 Å². The second kappa shape index (κ2) is 8.77. The third-order valence-corrected chi connectivity index (χ3v) is 4.61. The number of hydrogen-bond acceptors (Lipinski definition) is 2. The van der Waals surface area contributed by atoms with E-state index in [0.29, 0.717) is 6.10 Å². The van der Waals surface area contributed by atoms with Gasteiger partial charge in [-0.1, -0.05) is 36.4 Å². The molecule has 0 radical (unpaired) electrons. The normalized spacial score (nSPS) is 14.0. The number of rotatable bonds is 3. The Morgan fingerprint density at radius 2 is 1.12 bits per heavy atom. The molecule has 1 fully saturated rings. The fourth-order valence-electron chi connectivity index (χ4n) is 3.28. The van der Waals surface area contributed by atoms with Crippen LogP contribution in [-0.2, 0) is 0 Å². The van der Waals surface area contributed by atoms with Gasteiger partial charge in [0.15, 0.2) is 0 Å². The van der Waals surface area contributed by atoms with E-state index in [4.69, 9.17) is 9.47 Å². The van der Waals surface area contributed by atoms with Crippen LogP contribution in [0.15, 0.2) is 36.4 Å². The molecule has 2 heteroatoms. The second-order valence-corrected chi connectivity index (χ2v) is 6.67. The van der Waals surface area contributed by atoms with E-state index >= 15 is 0 Å². The van der Waals surface area contributed by atoms with Gasteiger partial charge in [0, 0.05) is 0 Å². The Kier molecular flexibility index (Phi) is 6.72. The van der Waals surface area contributed by atoms with E-state index < -0.39 is 0 Å². The van der Waals surface area contributed by atoms with Gasteiger partial charge < -0.3 is 9.47 Å². The summed E-state index contributed by atoms with van der Waals surface area (Å²) >= 11 is 0. The molecule has 0 spiro atoms. The van der Waals surface area contributed by atoms with E-state index in [1.807, 2.05) is 32.0 Å². The van der Waals surface area contributed by atoms with Crippen LogP contribution in [0.3, 0.4) is 0 Å². The number of para-hydroxylation sites is 2. The van der Waals surface area contributed by atoms with Crippen molar-refractivity contribution >= 4 is 0 Å². The van der Waals surface area contributed by atoms with Crippen LogP contribution in [0.5, 0.6) is 11.5 Å². The van der Waals surface area contributed by atoms with Crippen molar-refractivity contribution in [3.05, 3.63) is 58.7 Å². The second-order valence-electron chi connectivity index (χ2n) is 6.67. The maximum atomic E-state index is 6.04. The van der Waals surface area contributed by atoms with E-state index in [1.54, 1.807) is 7.11 Å². The molecule has 130 valence electrons. The molecule has 0 unspecified atom stereocenters. The minimum atomic E-state index is 0.467. The van der Waals surface area contributed by atoms with Crippen molar-refractivity contribution in [1.82, 2.24) is 0 Å². The molecule has 0 heterocycles. The van der Waals surface area contributed by atoms with Crippen LogP contribution < -0.4 is 9.47 Å². The SMILES string of the molecule is COc1c(C)cccc1C.Cc1cccc(C)c1OC1CCCC1. The first kappa shape index (κ1) is 18.4. The molecule has 0 saturated heterocycles. The van der Waals surface area contributed by atoms with Crippen LogP contribution in [-0.4, -0.2) is 13.2 Å². The zero-order valence-electron chi connectivity index (χ0n) is 15.7. The molecular weight excluding hydrogens is 296 g/mol. The number of ether oxygens (including phenoxy) is 2. The summed E-state index contributed by atoms with van der Waals surface area (Å²) in [5, 5.41) is 0. The van der Waals surface area contributed by atoms with Crippen LogP contribution in [0.1, 0.15) is 47.9 Å². The Morgan fingerprint density at radius 1 is 0.708 bits per heavy atom. The standard InChI is InChI=1S/C13H18O.C9H12O/c1-10-6-5-7-11(2)13(10)14-12-8-3-4-9-12;1-7-5-4-6-8(2)9(7)10-3/h5-7,12H,3-4,8-9H2,1-2H3;4-6H,1-3H3. The Balaban J connectivity index is 0.000000185. The molecule has 0 aromatic heterocycles. The van der Waals surface area contributed by atoms with Gasteiger partial charge in [-0.3, -0.25) is 0 Å². The number of methoxy groups -OCH3 is 1. The molecule has 3 rings (SSSR count). The molecule has 0 aliphatic heterocycles. The van der Waals surface area contributed by atoms with E-state index in [1.165, 1.54) is 47.9 Å². The first-order valence-corrected chi connectivity index (χ1v) is 8.86. The lowest BCUT2D eigenvalue weighted by Crippen LogP contribution is -2.12. The van der Waals surface area contributed by atoms with Crippen LogP contribution in [0.2, 0.25) is 0 Å². The maximum absolute atomic E-state index is 6.04. The average Bonchev–Trinajstić information content (AvgIpc) is 3.05. The highest BCUT2D eigenvalue weighted by Crippen LogP contribution is 2.28. The molecule has 1 aliphatic rings. The maximum Gasteiger partial charge on any atom is 0.125 e. The summed E-state index contributed by atoms with van der Waals surface area (Å²) in [6.07, 6.45) is 5.59. The smallest absolute Gasteiger partial charge is 0.125 e. The molecule has 2 nitrogen and oxygen atoms in total. The molecular formula is C22H30O2. The Labute approximate surface area is 146 Å². The molecule has 2 aromatic rings. The van der Waals surface area contributed by atoms with Crippen molar-refractivity contribution < 1.29 is 9.47 Å². The Bertz CT molecular complexity index is 615. The summed E-state index contributed by atoms with van der Waals surface area (Å²) in [5.74, 6) is 2.11. The molecule has 1 aliphatic carbocycles. The van der Waals surface area contributed by atoms with E-state index in [2.05, 4.69) is 32.0 Å². The first-order chi connectivity index (χ1) is 11.5. The fourth-order valence-corrected chi connectivity index (χ4v) is 3.28. The van der Waals surface area contributed by atoms with Crippen molar-refractivity contribution in [1.29, 1.82) is 0 Å². The fraction of sp³-hybridized carbons (Fsp3) is 0.455. The predicted molar refractivity (Wildman–Crippen MR) is 101 cm³/mol. The summed E-state index contributed by atoms with van der Waals surface area (Å²) in [6, 6.07) is 12.5. The highest BCUT2D eigenvalue weighted by atomic mass is 16.5. The van der Waals surface area contributed by atoms with Gasteiger partial charge in [-0.2, -0.15) is 0 Å². The lowest BCUT2D eigenvalue weighted by Gasteiger charge is -2.17. The van der Waals surface area contributed by atoms with Gasteiger partial charge in [-0.15, -0.1) is 0 Å². The van der Waals surface area contributed by atoms with Crippen LogP contribution >= 0.6 is 0 Å². The van der Waals surface area contributed by atoms with Gasteiger partial charge in [0.05, 0.1) is 13.2 Å². The van der Waals surface area contributed by atoms with Crippen molar-refractivity contribution in [2.24, 2.45) is 0 Å². The topological polar surface area (TPSA) is 18.5 Å². The van der Waals surface area contributed by atoms with Gasteiger partial charge in [-0.25, -0.2) is 0 Å². The van der Waals surface area contributed by atoms with Gasteiger partial charge in [0.1, 0.15) is 11.5 Å². The Morgan fingerprint density at radius 3 is 1.50 bits per heavy atom. The van der Waals surface area contributed by atoms with Crippen LogP contribution in [0, 0.1) is 27.7 Å². The summed E-state index contributed by atoms with van der Waals surface area (Å²) in [6.45, 7) is 8.34. The molecule has 24 heavy (non-hydrogen) atoms. The summed E-state index contributed by atoms with van der Waals surface area (Å²) in [5.41, 5.74) is 4.92. The highest BCUT2D eigenvalue weighted by molar-refractivity contribution is 5.40. The summed E-state index contributed by atoms with van der Waals surface area (Å²) < 4.78 is 11.2. The molecule has 2 aromatic carbocycles. The highest BCUT2D eigenvalue weighted by Gasteiger charge is 2.17. The minimum Gasteiger partial charge on any atom is -0.496 e.